The molecule has 0 atom stereocenters. The highest BCUT2D eigenvalue weighted by molar-refractivity contribution is 5.41. The summed E-state index contributed by atoms with van der Waals surface area (Å²) in [6, 6.07) is 2.43. The number of anilines is 1. The van der Waals surface area contributed by atoms with E-state index in [1.807, 2.05) is 0 Å². The van der Waals surface area contributed by atoms with E-state index >= 15 is 0 Å². The van der Waals surface area contributed by atoms with Crippen molar-refractivity contribution in [1.29, 1.82) is 0 Å². The molecule has 1 nitrogen and oxygen atoms in total. The molecular formula is C9H7F6N. The molecule has 0 unspecified atom stereocenters. The summed E-state index contributed by atoms with van der Waals surface area (Å²) >= 11 is 0. The van der Waals surface area contributed by atoms with Gasteiger partial charge in [-0.1, -0.05) is 6.07 Å². The van der Waals surface area contributed by atoms with E-state index in [1.165, 1.54) is 0 Å². The van der Waals surface area contributed by atoms with Crippen molar-refractivity contribution in [2.75, 3.05) is 5.73 Å². The Balaban J connectivity index is 2.93. The summed E-state index contributed by atoms with van der Waals surface area (Å²) in [5.74, 6) is -5.90. The van der Waals surface area contributed by atoms with E-state index in [9.17, 15) is 26.3 Å². The molecule has 7 heteroatoms. The zero-order valence-electron chi connectivity index (χ0n) is 7.78. The molecule has 0 aliphatic heterocycles. The van der Waals surface area contributed by atoms with Crippen molar-refractivity contribution in [3.63, 3.8) is 0 Å². The number of hydrogen-bond donors (Lipinski definition) is 1. The van der Waals surface area contributed by atoms with Crippen LogP contribution in [0.4, 0.5) is 32.0 Å². The second-order valence-electron chi connectivity index (χ2n) is 3.23. The first kappa shape index (κ1) is 12.7. The number of benzene rings is 1. The van der Waals surface area contributed by atoms with Crippen LogP contribution in [-0.4, -0.2) is 12.1 Å². The summed E-state index contributed by atoms with van der Waals surface area (Å²) in [5.41, 5.74) is 4.28. The maximum Gasteiger partial charge on any atom is 0.453 e. The van der Waals surface area contributed by atoms with E-state index in [-0.39, 0.29) is 5.69 Å². The highest BCUT2D eigenvalue weighted by Gasteiger charge is 2.57. The third-order valence-electron chi connectivity index (χ3n) is 1.91. The van der Waals surface area contributed by atoms with Crippen LogP contribution in [0.1, 0.15) is 5.56 Å². The van der Waals surface area contributed by atoms with Crippen molar-refractivity contribution in [3.8, 4) is 0 Å². The van der Waals surface area contributed by atoms with Gasteiger partial charge in [-0.05, 0) is 17.7 Å². The molecule has 1 aromatic rings. The molecule has 0 saturated carbocycles. The minimum Gasteiger partial charge on any atom is -0.396 e. The van der Waals surface area contributed by atoms with Crippen molar-refractivity contribution >= 4 is 5.69 Å². The molecule has 90 valence electrons. The van der Waals surface area contributed by atoms with Gasteiger partial charge in [-0.2, -0.15) is 22.0 Å². The van der Waals surface area contributed by atoms with E-state index in [4.69, 9.17) is 5.73 Å². The van der Waals surface area contributed by atoms with Gasteiger partial charge in [-0.25, -0.2) is 4.39 Å². The Bertz CT molecular complexity index is 384. The molecule has 0 bridgehead atoms. The van der Waals surface area contributed by atoms with E-state index in [0.29, 0.717) is 6.07 Å². The average molecular weight is 243 g/mol. The van der Waals surface area contributed by atoms with E-state index in [2.05, 4.69) is 0 Å². The number of nitrogens with two attached hydrogens (primary N) is 1. The predicted molar refractivity (Wildman–Crippen MR) is 45.5 cm³/mol. The fraction of sp³-hybridized carbons (Fsp3) is 0.333. The molecule has 0 aromatic heterocycles. The maximum atomic E-state index is 12.8. The van der Waals surface area contributed by atoms with E-state index in [1.54, 1.807) is 0 Å². The number of rotatable bonds is 2. The maximum absolute atomic E-state index is 12.8. The first-order valence-corrected chi connectivity index (χ1v) is 4.12. The fourth-order valence-corrected chi connectivity index (χ4v) is 1.04. The molecule has 0 radical (unpaired) electrons. The van der Waals surface area contributed by atoms with Crippen molar-refractivity contribution in [3.05, 3.63) is 29.6 Å². The molecule has 2 N–H and O–H groups in total. The van der Waals surface area contributed by atoms with Crippen molar-refractivity contribution in [2.24, 2.45) is 0 Å². The first-order valence-electron chi connectivity index (χ1n) is 4.12. The van der Waals surface area contributed by atoms with Crippen LogP contribution in [-0.2, 0) is 6.42 Å². The fourth-order valence-electron chi connectivity index (χ4n) is 1.04. The van der Waals surface area contributed by atoms with Gasteiger partial charge in [0.05, 0.1) is 5.69 Å². The molecule has 0 aliphatic carbocycles. The van der Waals surface area contributed by atoms with Crippen LogP contribution >= 0.6 is 0 Å². The standard InChI is InChI=1S/C9H7F6N/c10-6-3-5(1-2-7(6)16)4-8(11,12)9(13,14)15/h1-3H,4,16H2. The van der Waals surface area contributed by atoms with Gasteiger partial charge >= 0.3 is 12.1 Å². The second kappa shape index (κ2) is 3.88. The minimum atomic E-state index is -5.65. The summed E-state index contributed by atoms with van der Waals surface area (Å²) in [4.78, 5) is 0. The highest BCUT2D eigenvalue weighted by atomic mass is 19.4. The highest BCUT2D eigenvalue weighted by Crippen LogP contribution is 2.38. The van der Waals surface area contributed by atoms with Gasteiger partial charge in [-0.3, -0.25) is 0 Å². The van der Waals surface area contributed by atoms with Crippen LogP contribution < -0.4 is 5.73 Å². The Morgan fingerprint density at radius 1 is 1.06 bits per heavy atom. The van der Waals surface area contributed by atoms with Crippen LogP contribution in [0.5, 0.6) is 0 Å². The minimum absolute atomic E-state index is 0.306. The van der Waals surface area contributed by atoms with E-state index in [0.717, 1.165) is 12.1 Å². The zero-order chi connectivity index (χ0) is 12.6. The monoisotopic (exact) mass is 243 g/mol. The lowest BCUT2D eigenvalue weighted by Gasteiger charge is -2.19. The van der Waals surface area contributed by atoms with Gasteiger partial charge < -0.3 is 5.73 Å². The molecule has 1 aromatic carbocycles. The van der Waals surface area contributed by atoms with E-state index < -0.39 is 29.9 Å². The normalized spacial score (nSPS) is 12.9. The number of nitrogen functional groups attached to an aromatic ring is 1. The topological polar surface area (TPSA) is 26.0 Å². The van der Waals surface area contributed by atoms with Gasteiger partial charge in [0, 0.05) is 6.42 Å². The zero-order valence-corrected chi connectivity index (χ0v) is 7.78. The third-order valence-corrected chi connectivity index (χ3v) is 1.91. The Morgan fingerprint density at radius 3 is 2.06 bits per heavy atom. The lowest BCUT2D eigenvalue weighted by atomic mass is 10.1. The molecule has 0 saturated heterocycles. The third kappa shape index (κ3) is 2.59. The molecule has 0 aliphatic rings. The smallest absolute Gasteiger partial charge is 0.396 e. The first-order chi connectivity index (χ1) is 7.13. The van der Waals surface area contributed by atoms with Crippen LogP contribution in [0, 0.1) is 5.82 Å². The lowest BCUT2D eigenvalue weighted by Crippen LogP contribution is -2.38. The van der Waals surface area contributed by atoms with Gasteiger partial charge in [0.1, 0.15) is 5.82 Å². The number of halogens is 6. The molecule has 0 spiro atoms. The van der Waals surface area contributed by atoms with Gasteiger partial charge in [0.2, 0.25) is 0 Å². The summed E-state index contributed by atoms with van der Waals surface area (Å²) in [7, 11) is 0. The van der Waals surface area contributed by atoms with Crippen LogP contribution in [0.15, 0.2) is 18.2 Å². The summed E-state index contributed by atoms with van der Waals surface area (Å²) in [6.07, 6.45) is -7.25. The Labute approximate surface area is 86.9 Å². The van der Waals surface area contributed by atoms with Crippen LogP contribution in [0.3, 0.4) is 0 Å². The molecule has 1 rings (SSSR count). The summed E-state index contributed by atoms with van der Waals surface area (Å²) in [5, 5.41) is 0. The molecular weight excluding hydrogens is 236 g/mol. The number of alkyl halides is 5. The largest absolute Gasteiger partial charge is 0.453 e. The summed E-state index contributed by atoms with van der Waals surface area (Å²) < 4.78 is 73.4. The SMILES string of the molecule is Nc1ccc(CC(F)(F)C(F)(F)F)cc1F. The second-order valence-corrected chi connectivity index (χ2v) is 3.23. The molecule has 16 heavy (non-hydrogen) atoms. The van der Waals surface area contributed by atoms with Crippen molar-refractivity contribution in [2.45, 2.75) is 18.5 Å². The predicted octanol–water partition coefficient (Wildman–Crippen LogP) is 3.15. The molecule has 0 heterocycles. The van der Waals surface area contributed by atoms with Crippen LogP contribution in [0.2, 0.25) is 0 Å². The van der Waals surface area contributed by atoms with Crippen LogP contribution in [0.25, 0.3) is 0 Å². The Hall–Kier alpha value is -1.40. The Morgan fingerprint density at radius 2 is 1.62 bits per heavy atom. The van der Waals surface area contributed by atoms with Gasteiger partial charge in [-0.15, -0.1) is 0 Å². The molecule has 0 amide bonds. The summed E-state index contributed by atoms with van der Waals surface area (Å²) in [6.45, 7) is 0. The lowest BCUT2D eigenvalue weighted by molar-refractivity contribution is -0.281. The molecule has 0 fully saturated rings. The van der Waals surface area contributed by atoms with Crippen molar-refractivity contribution in [1.82, 2.24) is 0 Å². The Kier molecular flexibility index (Phi) is 3.07. The van der Waals surface area contributed by atoms with Gasteiger partial charge in [0.25, 0.3) is 0 Å². The van der Waals surface area contributed by atoms with Crippen molar-refractivity contribution < 1.29 is 26.3 Å². The average Bonchev–Trinajstić information content (AvgIpc) is 2.09. The quantitative estimate of drug-likeness (QED) is 0.626. The van der Waals surface area contributed by atoms with Gasteiger partial charge in [0.15, 0.2) is 0 Å². The number of hydrogen-bond acceptors (Lipinski definition) is 1.